The second-order valence-corrected chi connectivity index (χ2v) is 5.49. The van der Waals surface area contributed by atoms with E-state index in [-0.39, 0.29) is 18.0 Å². The van der Waals surface area contributed by atoms with Crippen molar-refractivity contribution < 1.29 is 4.79 Å². The SMILES string of the molecule is O=C(Cn1nc2cnccn2c1=O)c1ccc(Cl)s1. The molecule has 3 rings (SSSR count). The normalized spacial score (nSPS) is 11.0. The van der Waals surface area contributed by atoms with Gasteiger partial charge in [0.05, 0.1) is 15.4 Å². The van der Waals surface area contributed by atoms with Crippen LogP contribution in [-0.2, 0) is 6.54 Å². The fourth-order valence-electron chi connectivity index (χ4n) is 1.66. The van der Waals surface area contributed by atoms with Gasteiger partial charge in [-0.2, -0.15) is 0 Å². The molecule has 3 aromatic rings. The highest BCUT2D eigenvalue weighted by atomic mass is 35.5. The maximum atomic E-state index is 12.0. The molecule has 0 bridgehead atoms. The van der Waals surface area contributed by atoms with Gasteiger partial charge in [-0.1, -0.05) is 11.6 Å². The monoisotopic (exact) mass is 294 g/mol. The Morgan fingerprint density at radius 2 is 2.26 bits per heavy atom. The zero-order chi connectivity index (χ0) is 13.4. The summed E-state index contributed by atoms with van der Waals surface area (Å²) in [6, 6.07) is 3.29. The van der Waals surface area contributed by atoms with E-state index in [0.717, 1.165) is 4.68 Å². The number of hydrogen-bond acceptors (Lipinski definition) is 5. The first kappa shape index (κ1) is 12.1. The van der Waals surface area contributed by atoms with Crippen molar-refractivity contribution in [2.45, 2.75) is 6.54 Å². The lowest BCUT2D eigenvalue weighted by molar-refractivity contribution is 0.0970. The average molecular weight is 295 g/mol. The van der Waals surface area contributed by atoms with Gasteiger partial charge in [-0.3, -0.25) is 9.78 Å². The minimum Gasteiger partial charge on any atom is -0.291 e. The van der Waals surface area contributed by atoms with Crippen LogP contribution in [0.4, 0.5) is 0 Å². The maximum absolute atomic E-state index is 12.0. The van der Waals surface area contributed by atoms with Crippen molar-refractivity contribution in [3.05, 3.63) is 50.4 Å². The molecule has 3 aromatic heterocycles. The van der Waals surface area contributed by atoms with E-state index in [0.29, 0.717) is 14.9 Å². The van der Waals surface area contributed by atoms with Crippen molar-refractivity contribution in [3.8, 4) is 0 Å². The van der Waals surface area contributed by atoms with Crippen LogP contribution >= 0.6 is 22.9 Å². The first-order valence-corrected chi connectivity index (χ1v) is 6.52. The molecule has 0 aliphatic rings. The highest BCUT2D eigenvalue weighted by Crippen LogP contribution is 2.21. The largest absolute Gasteiger partial charge is 0.350 e. The Balaban J connectivity index is 1.95. The molecule has 6 nitrogen and oxygen atoms in total. The summed E-state index contributed by atoms with van der Waals surface area (Å²) in [5.41, 5.74) is 0.0397. The van der Waals surface area contributed by atoms with E-state index in [4.69, 9.17) is 11.6 Å². The number of carbonyl (C=O) groups is 1. The summed E-state index contributed by atoms with van der Waals surface area (Å²) in [5, 5.41) is 4.04. The summed E-state index contributed by atoms with van der Waals surface area (Å²) in [7, 11) is 0. The number of carbonyl (C=O) groups excluding carboxylic acids is 1. The van der Waals surface area contributed by atoms with Crippen molar-refractivity contribution in [2.75, 3.05) is 0 Å². The van der Waals surface area contributed by atoms with Crippen molar-refractivity contribution in [1.82, 2.24) is 19.2 Å². The molecule has 0 unspecified atom stereocenters. The average Bonchev–Trinajstić information content (AvgIpc) is 2.96. The highest BCUT2D eigenvalue weighted by Gasteiger charge is 2.13. The van der Waals surface area contributed by atoms with Crippen LogP contribution < -0.4 is 5.69 Å². The van der Waals surface area contributed by atoms with Crippen LogP contribution in [-0.4, -0.2) is 24.9 Å². The molecule has 0 aliphatic heterocycles. The highest BCUT2D eigenvalue weighted by molar-refractivity contribution is 7.18. The molecular formula is C11H7ClN4O2S. The lowest BCUT2D eigenvalue weighted by Gasteiger charge is -1.95. The van der Waals surface area contributed by atoms with Gasteiger partial charge in [0.2, 0.25) is 0 Å². The van der Waals surface area contributed by atoms with Crippen molar-refractivity contribution >= 4 is 34.4 Å². The van der Waals surface area contributed by atoms with Gasteiger partial charge in [0.25, 0.3) is 0 Å². The van der Waals surface area contributed by atoms with Gasteiger partial charge < -0.3 is 0 Å². The lowest BCUT2D eigenvalue weighted by Crippen LogP contribution is -2.24. The number of fused-ring (bicyclic) bond motifs is 1. The van der Waals surface area contributed by atoms with Gasteiger partial charge >= 0.3 is 5.69 Å². The number of halogens is 1. The van der Waals surface area contributed by atoms with E-state index >= 15 is 0 Å². The zero-order valence-electron chi connectivity index (χ0n) is 9.49. The number of ketones is 1. The van der Waals surface area contributed by atoms with E-state index < -0.39 is 0 Å². The minimum absolute atomic E-state index is 0.114. The standard InChI is InChI=1S/C11H7ClN4O2S/c12-9-2-1-8(19-9)7(17)6-16-11(18)15-4-3-13-5-10(15)14-16/h1-5H,6H2. The predicted octanol–water partition coefficient (Wildman–Crippen LogP) is 1.49. The Hall–Kier alpha value is -1.99. The Morgan fingerprint density at radius 1 is 1.42 bits per heavy atom. The summed E-state index contributed by atoms with van der Waals surface area (Å²) in [6.07, 6.45) is 4.46. The molecule has 0 aromatic carbocycles. The first-order valence-electron chi connectivity index (χ1n) is 5.33. The second kappa shape index (κ2) is 4.60. The third kappa shape index (κ3) is 2.18. The molecular weight excluding hydrogens is 288 g/mol. The number of rotatable bonds is 3. The summed E-state index contributed by atoms with van der Waals surface area (Å²) in [4.78, 5) is 28.3. The molecule has 0 fully saturated rings. The molecule has 3 heterocycles. The van der Waals surface area contributed by atoms with Crippen molar-refractivity contribution in [2.24, 2.45) is 0 Å². The van der Waals surface area contributed by atoms with Crippen molar-refractivity contribution in [3.63, 3.8) is 0 Å². The summed E-state index contributed by atoms with van der Waals surface area (Å²) >= 11 is 6.95. The number of aromatic nitrogens is 4. The molecule has 0 amide bonds. The van der Waals surface area contributed by atoms with Gasteiger partial charge in [0.15, 0.2) is 11.4 Å². The molecule has 8 heteroatoms. The molecule has 0 atom stereocenters. The summed E-state index contributed by atoms with van der Waals surface area (Å²) < 4.78 is 2.99. The number of Topliss-reactive ketones (excluding diaryl/α,β-unsaturated/α-hetero) is 1. The molecule has 0 N–H and O–H groups in total. The van der Waals surface area contributed by atoms with Gasteiger partial charge in [0, 0.05) is 12.4 Å². The number of hydrogen-bond donors (Lipinski definition) is 0. The Morgan fingerprint density at radius 3 is 2.95 bits per heavy atom. The molecule has 0 radical (unpaired) electrons. The number of thiophene rings is 1. The van der Waals surface area contributed by atoms with Gasteiger partial charge in [-0.15, -0.1) is 16.4 Å². The van der Waals surface area contributed by atoms with Crippen molar-refractivity contribution in [1.29, 1.82) is 0 Å². The van der Waals surface area contributed by atoms with Crippen LogP contribution in [0.2, 0.25) is 4.34 Å². The lowest BCUT2D eigenvalue weighted by atomic mass is 10.3. The topological polar surface area (TPSA) is 69.3 Å². The maximum Gasteiger partial charge on any atom is 0.350 e. The van der Waals surface area contributed by atoms with Gasteiger partial charge in [-0.05, 0) is 12.1 Å². The molecule has 96 valence electrons. The Bertz CT molecular complexity index is 819. The zero-order valence-corrected chi connectivity index (χ0v) is 11.1. The summed E-state index contributed by atoms with van der Waals surface area (Å²) in [6.45, 7) is -0.114. The molecule has 0 aliphatic carbocycles. The van der Waals surface area contributed by atoms with Crippen LogP contribution in [0.3, 0.4) is 0 Å². The fraction of sp³-hybridized carbons (Fsp3) is 0.0909. The summed E-state index contributed by atoms with van der Waals surface area (Å²) in [5.74, 6) is -0.199. The third-order valence-corrected chi connectivity index (χ3v) is 3.80. The minimum atomic E-state index is -0.367. The van der Waals surface area contributed by atoms with Crippen LogP contribution in [0.15, 0.2) is 35.5 Å². The second-order valence-electron chi connectivity index (χ2n) is 3.77. The first-order chi connectivity index (χ1) is 9.15. The smallest absolute Gasteiger partial charge is 0.291 e. The van der Waals surface area contributed by atoms with Crippen LogP contribution in [0.1, 0.15) is 9.67 Å². The van der Waals surface area contributed by atoms with Crippen LogP contribution in [0, 0.1) is 0 Å². The van der Waals surface area contributed by atoms with E-state index in [1.807, 2.05) is 0 Å². The Kier molecular flexibility index (Phi) is 2.92. The molecule has 0 saturated heterocycles. The molecule has 0 spiro atoms. The predicted molar refractivity (Wildman–Crippen MR) is 70.9 cm³/mol. The van der Waals surface area contributed by atoms with Crippen LogP contribution in [0.25, 0.3) is 5.65 Å². The fourth-order valence-corrected chi connectivity index (χ4v) is 2.63. The third-order valence-electron chi connectivity index (χ3n) is 2.53. The number of nitrogens with zero attached hydrogens (tertiary/aromatic N) is 4. The van der Waals surface area contributed by atoms with Gasteiger partial charge in [-0.25, -0.2) is 13.9 Å². The van der Waals surface area contributed by atoms with E-state index in [1.54, 1.807) is 12.1 Å². The molecule has 19 heavy (non-hydrogen) atoms. The quantitative estimate of drug-likeness (QED) is 0.686. The van der Waals surface area contributed by atoms with E-state index in [9.17, 15) is 9.59 Å². The Labute approximate surface area is 115 Å². The molecule has 0 saturated carbocycles. The van der Waals surface area contributed by atoms with E-state index in [2.05, 4.69) is 10.1 Å². The van der Waals surface area contributed by atoms with Crippen LogP contribution in [0.5, 0.6) is 0 Å². The van der Waals surface area contributed by atoms with Gasteiger partial charge in [0.1, 0.15) is 6.54 Å². The van der Waals surface area contributed by atoms with E-state index in [1.165, 1.54) is 34.3 Å².